The number of piperidine rings is 1. The maximum absolute atomic E-state index is 5.87. The molecular formula is C22H37NO. The Bertz CT molecular complexity index is 440. The highest BCUT2D eigenvalue weighted by atomic mass is 16.5. The predicted octanol–water partition coefficient (Wildman–Crippen LogP) is 5.80. The summed E-state index contributed by atoms with van der Waals surface area (Å²) >= 11 is 0. The molecule has 0 N–H and O–H groups in total. The minimum absolute atomic E-state index is 0.215. The summed E-state index contributed by atoms with van der Waals surface area (Å²) in [5, 5.41) is 0. The summed E-state index contributed by atoms with van der Waals surface area (Å²) in [5.74, 6) is 1.01. The molecule has 1 heterocycles. The van der Waals surface area contributed by atoms with Gasteiger partial charge in [0.05, 0.1) is 6.61 Å². The Morgan fingerprint density at radius 2 is 1.46 bits per heavy atom. The number of nitrogens with zero attached hydrogens (tertiary/aromatic N) is 1. The van der Waals surface area contributed by atoms with Crippen LogP contribution < -0.4 is 4.74 Å². The maximum atomic E-state index is 5.87. The van der Waals surface area contributed by atoms with Gasteiger partial charge in [-0.25, -0.2) is 0 Å². The third kappa shape index (κ3) is 7.25. The van der Waals surface area contributed by atoms with Crippen molar-refractivity contribution in [3.63, 3.8) is 0 Å². The maximum Gasteiger partial charge on any atom is 0.119 e. The van der Waals surface area contributed by atoms with Crippen LogP contribution in [0.2, 0.25) is 0 Å². The van der Waals surface area contributed by atoms with Crippen molar-refractivity contribution in [2.24, 2.45) is 0 Å². The third-order valence-corrected chi connectivity index (χ3v) is 5.06. The largest absolute Gasteiger partial charge is 0.494 e. The van der Waals surface area contributed by atoms with E-state index in [1.165, 1.54) is 76.6 Å². The fraction of sp³-hybridized carbons (Fsp3) is 0.727. The lowest BCUT2D eigenvalue weighted by Gasteiger charge is -2.26. The number of unbranched alkanes of at least 4 members (excludes halogenated alkanes) is 4. The van der Waals surface area contributed by atoms with Crippen LogP contribution in [0, 0.1) is 0 Å². The first-order valence-electron chi connectivity index (χ1n) is 10.0. The molecule has 0 unspecified atom stereocenters. The van der Waals surface area contributed by atoms with E-state index in [4.69, 9.17) is 4.74 Å². The second-order valence-corrected chi connectivity index (χ2v) is 8.29. The van der Waals surface area contributed by atoms with Crippen LogP contribution >= 0.6 is 0 Å². The molecule has 0 radical (unpaired) electrons. The van der Waals surface area contributed by atoms with Gasteiger partial charge in [0.15, 0.2) is 0 Å². The lowest BCUT2D eigenvalue weighted by molar-refractivity contribution is 0.223. The van der Waals surface area contributed by atoms with Crippen LogP contribution in [0.5, 0.6) is 5.75 Å². The number of hydrogen-bond donors (Lipinski definition) is 0. The van der Waals surface area contributed by atoms with Crippen molar-refractivity contribution in [2.45, 2.75) is 77.6 Å². The highest BCUT2D eigenvalue weighted by Gasteiger charge is 2.13. The molecule has 0 saturated carbocycles. The van der Waals surface area contributed by atoms with Gasteiger partial charge in [-0.1, -0.05) is 58.6 Å². The molecule has 1 aliphatic rings. The van der Waals surface area contributed by atoms with Crippen LogP contribution in [-0.4, -0.2) is 31.1 Å². The molecule has 1 aliphatic heterocycles. The number of hydrogen-bond acceptors (Lipinski definition) is 2. The van der Waals surface area contributed by atoms with Gasteiger partial charge in [-0.15, -0.1) is 0 Å². The van der Waals surface area contributed by atoms with Crippen molar-refractivity contribution in [1.82, 2.24) is 4.90 Å². The molecule has 0 aliphatic carbocycles. The Labute approximate surface area is 149 Å². The van der Waals surface area contributed by atoms with Gasteiger partial charge < -0.3 is 9.64 Å². The topological polar surface area (TPSA) is 12.5 Å². The van der Waals surface area contributed by atoms with Gasteiger partial charge in [0.2, 0.25) is 0 Å². The molecular weight excluding hydrogens is 294 g/mol. The Kier molecular flexibility index (Phi) is 8.11. The fourth-order valence-corrected chi connectivity index (χ4v) is 3.39. The van der Waals surface area contributed by atoms with E-state index in [0.717, 1.165) is 12.4 Å². The monoisotopic (exact) mass is 331 g/mol. The van der Waals surface area contributed by atoms with Gasteiger partial charge >= 0.3 is 0 Å². The van der Waals surface area contributed by atoms with Crippen LogP contribution in [0.3, 0.4) is 0 Å². The van der Waals surface area contributed by atoms with E-state index >= 15 is 0 Å². The van der Waals surface area contributed by atoms with Crippen LogP contribution in [0.15, 0.2) is 24.3 Å². The highest BCUT2D eigenvalue weighted by Crippen LogP contribution is 2.24. The Hall–Kier alpha value is -1.02. The molecule has 0 atom stereocenters. The van der Waals surface area contributed by atoms with Gasteiger partial charge in [-0.3, -0.25) is 0 Å². The Balaban J connectivity index is 1.47. The zero-order valence-corrected chi connectivity index (χ0v) is 16.2. The van der Waals surface area contributed by atoms with E-state index in [0.29, 0.717) is 0 Å². The second-order valence-electron chi connectivity index (χ2n) is 8.29. The molecule has 0 aromatic heterocycles. The predicted molar refractivity (Wildman–Crippen MR) is 104 cm³/mol. The van der Waals surface area contributed by atoms with Crippen molar-refractivity contribution in [3.8, 4) is 5.75 Å². The summed E-state index contributed by atoms with van der Waals surface area (Å²) in [6, 6.07) is 8.60. The smallest absolute Gasteiger partial charge is 0.119 e. The van der Waals surface area contributed by atoms with E-state index in [1.807, 2.05) is 0 Å². The standard InChI is InChI=1S/C22H37NO/c1-22(2,3)20-12-14-21(15-13-20)24-19-11-6-4-5-8-16-23-17-9-7-10-18-23/h12-15H,4-11,16-19H2,1-3H3. The molecule has 24 heavy (non-hydrogen) atoms. The van der Waals surface area contributed by atoms with Gasteiger partial charge in [0.25, 0.3) is 0 Å². The van der Waals surface area contributed by atoms with E-state index in [2.05, 4.69) is 49.9 Å². The molecule has 1 aromatic carbocycles. The van der Waals surface area contributed by atoms with E-state index in [1.54, 1.807) is 0 Å². The zero-order valence-electron chi connectivity index (χ0n) is 16.2. The normalized spacial score (nSPS) is 16.3. The average Bonchev–Trinajstić information content (AvgIpc) is 2.58. The second kappa shape index (κ2) is 10.1. The van der Waals surface area contributed by atoms with Crippen LogP contribution in [-0.2, 0) is 5.41 Å². The molecule has 0 bridgehead atoms. The summed E-state index contributed by atoms with van der Waals surface area (Å²) < 4.78 is 5.87. The summed E-state index contributed by atoms with van der Waals surface area (Å²) in [5.41, 5.74) is 1.58. The Morgan fingerprint density at radius 3 is 2.12 bits per heavy atom. The summed E-state index contributed by atoms with van der Waals surface area (Å²) in [4.78, 5) is 2.65. The molecule has 1 aromatic rings. The first-order chi connectivity index (χ1) is 11.6. The van der Waals surface area contributed by atoms with Crippen molar-refractivity contribution in [2.75, 3.05) is 26.2 Å². The van der Waals surface area contributed by atoms with Gasteiger partial charge in [-0.2, -0.15) is 0 Å². The number of benzene rings is 1. The first-order valence-corrected chi connectivity index (χ1v) is 10.0. The van der Waals surface area contributed by atoms with Crippen molar-refractivity contribution in [1.29, 1.82) is 0 Å². The molecule has 0 amide bonds. The molecule has 2 nitrogen and oxygen atoms in total. The van der Waals surface area contributed by atoms with Crippen molar-refractivity contribution in [3.05, 3.63) is 29.8 Å². The fourth-order valence-electron chi connectivity index (χ4n) is 3.39. The minimum atomic E-state index is 0.215. The molecule has 1 saturated heterocycles. The highest BCUT2D eigenvalue weighted by molar-refractivity contribution is 5.31. The summed E-state index contributed by atoms with van der Waals surface area (Å²) in [6.07, 6.45) is 10.8. The lowest BCUT2D eigenvalue weighted by Crippen LogP contribution is -2.30. The van der Waals surface area contributed by atoms with Gasteiger partial charge in [-0.05, 0) is 68.4 Å². The van der Waals surface area contributed by atoms with Gasteiger partial charge in [0, 0.05) is 0 Å². The number of ether oxygens (including phenoxy) is 1. The molecule has 1 fully saturated rings. The van der Waals surface area contributed by atoms with E-state index in [9.17, 15) is 0 Å². The molecule has 0 spiro atoms. The average molecular weight is 332 g/mol. The molecule has 136 valence electrons. The minimum Gasteiger partial charge on any atom is -0.494 e. The third-order valence-electron chi connectivity index (χ3n) is 5.06. The lowest BCUT2D eigenvalue weighted by atomic mass is 9.87. The Morgan fingerprint density at radius 1 is 0.833 bits per heavy atom. The van der Waals surface area contributed by atoms with Crippen LogP contribution in [0.25, 0.3) is 0 Å². The number of likely N-dealkylation sites (tertiary alicyclic amines) is 1. The van der Waals surface area contributed by atoms with Crippen molar-refractivity contribution < 1.29 is 4.74 Å². The van der Waals surface area contributed by atoms with Gasteiger partial charge in [0.1, 0.15) is 5.75 Å². The van der Waals surface area contributed by atoms with Crippen LogP contribution in [0.4, 0.5) is 0 Å². The quantitative estimate of drug-likeness (QED) is 0.530. The zero-order chi connectivity index (χ0) is 17.3. The van der Waals surface area contributed by atoms with E-state index < -0.39 is 0 Å². The SMILES string of the molecule is CC(C)(C)c1ccc(OCCCCCCCN2CCCCC2)cc1. The summed E-state index contributed by atoms with van der Waals surface area (Å²) in [6.45, 7) is 11.6. The van der Waals surface area contributed by atoms with E-state index in [-0.39, 0.29) is 5.41 Å². The van der Waals surface area contributed by atoms with Crippen molar-refractivity contribution >= 4 is 0 Å². The first kappa shape index (κ1) is 19.3. The molecule has 2 rings (SSSR count). The number of rotatable bonds is 9. The summed E-state index contributed by atoms with van der Waals surface area (Å²) in [7, 11) is 0. The van der Waals surface area contributed by atoms with Crippen LogP contribution in [0.1, 0.15) is 77.7 Å². The molecule has 2 heteroatoms.